The molecule has 3 heterocycles. The zero-order valence-corrected chi connectivity index (χ0v) is 21.6. The summed E-state index contributed by atoms with van der Waals surface area (Å²) in [6.07, 6.45) is 0.237. The first kappa shape index (κ1) is 27.0. The van der Waals surface area contributed by atoms with Crippen molar-refractivity contribution in [2.24, 2.45) is 0 Å². The summed E-state index contributed by atoms with van der Waals surface area (Å²) in [7, 11) is -4.19. The largest absolute Gasteiger partial charge is 1.00 e. The van der Waals surface area contributed by atoms with E-state index in [2.05, 4.69) is 5.32 Å². The van der Waals surface area contributed by atoms with Crippen molar-refractivity contribution in [2.75, 3.05) is 32.1 Å². The number of ether oxygens (including phenoxy) is 1. The van der Waals surface area contributed by atoms with Gasteiger partial charge >= 0.3 is 65.9 Å². The van der Waals surface area contributed by atoms with Crippen LogP contribution in [-0.2, 0) is 35.4 Å². The Labute approximate surface area is 210 Å². The standard InChI is InChI=1S/C16H25BNO7S.2Na/c1-14(22-10-15-6-3-2-4-7-15)17-23-11-16(12-24-17,13-25-17)18-8-5-9-26(19,20)21;;/h2-4,6-7,14,18H,5,8-13H2,1H3,(H,19,20,21);;/q-1;2*+1/p-1. The van der Waals surface area contributed by atoms with E-state index < -0.39 is 28.2 Å². The zero-order valence-electron chi connectivity index (χ0n) is 16.8. The van der Waals surface area contributed by atoms with E-state index in [-0.39, 0.29) is 71.5 Å². The SMILES string of the molecule is CC(OCc1ccccc1)[B-]12OCC(NCCCS(=O)(=O)[O-])(CO1)CO2.[Na+].[Na+]. The maximum absolute atomic E-state index is 10.7. The van der Waals surface area contributed by atoms with E-state index in [1.165, 1.54) is 0 Å². The van der Waals surface area contributed by atoms with Crippen LogP contribution in [0.1, 0.15) is 18.9 Å². The third-order valence-corrected chi connectivity index (χ3v) is 5.57. The van der Waals surface area contributed by atoms with E-state index >= 15 is 0 Å². The molecule has 0 radical (unpaired) electrons. The van der Waals surface area contributed by atoms with Crippen LogP contribution in [0.4, 0.5) is 0 Å². The van der Waals surface area contributed by atoms with Gasteiger partial charge in [-0.1, -0.05) is 37.3 Å². The molecule has 3 fully saturated rings. The quantitative estimate of drug-likeness (QED) is 0.235. The van der Waals surface area contributed by atoms with Gasteiger partial charge in [0.1, 0.15) is 0 Å². The first-order chi connectivity index (χ1) is 12.3. The maximum atomic E-state index is 10.7. The molecule has 3 aliphatic heterocycles. The molecule has 0 aromatic heterocycles. The van der Waals surface area contributed by atoms with Gasteiger partial charge in [0.15, 0.2) is 0 Å². The smallest absolute Gasteiger partial charge is 0.748 e. The summed E-state index contributed by atoms with van der Waals surface area (Å²) in [6, 6.07) is 9.47. The molecule has 12 heteroatoms. The Balaban J connectivity index is 0.00000196. The van der Waals surface area contributed by atoms with Crippen LogP contribution in [0.2, 0.25) is 0 Å². The van der Waals surface area contributed by atoms with Gasteiger partial charge in [-0.05, 0) is 18.5 Å². The van der Waals surface area contributed by atoms with Gasteiger partial charge < -0.3 is 28.6 Å². The minimum Gasteiger partial charge on any atom is -0.748 e. The molecule has 1 unspecified atom stereocenters. The molecule has 0 saturated carbocycles. The molecular formula is C16H24BNNa2O7S. The number of fused-ring (bicyclic) bond motifs is 3. The van der Waals surface area contributed by atoms with Gasteiger partial charge in [0.05, 0.1) is 22.3 Å². The van der Waals surface area contributed by atoms with Crippen molar-refractivity contribution >= 4 is 16.9 Å². The van der Waals surface area contributed by atoms with Crippen molar-refractivity contribution in [3.63, 3.8) is 0 Å². The molecule has 1 N–H and O–H groups in total. The van der Waals surface area contributed by atoms with E-state index in [0.717, 1.165) is 5.56 Å². The molecule has 8 nitrogen and oxygen atoms in total. The molecule has 1 atom stereocenters. The Morgan fingerprint density at radius 1 is 1.18 bits per heavy atom. The topological polar surface area (TPSA) is 106 Å². The molecule has 4 rings (SSSR count). The average molecular weight is 431 g/mol. The molecular weight excluding hydrogens is 407 g/mol. The van der Waals surface area contributed by atoms with Crippen molar-refractivity contribution in [1.29, 1.82) is 0 Å². The Kier molecular flexibility index (Phi) is 11.2. The number of hydrogen-bond acceptors (Lipinski definition) is 8. The van der Waals surface area contributed by atoms with E-state index in [1.54, 1.807) is 0 Å². The zero-order chi connectivity index (χ0) is 18.7. The predicted molar refractivity (Wildman–Crippen MR) is 94.2 cm³/mol. The summed E-state index contributed by atoms with van der Waals surface area (Å²) in [5.41, 5.74) is 0.539. The number of benzene rings is 1. The first-order valence-electron chi connectivity index (χ1n) is 8.73. The van der Waals surface area contributed by atoms with Crippen LogP contribution in [-0.4, -0.2) is 63.4 Å². The third-order valence-electron chi connectivity index (χ3n) is 4.78. The van der Waals surface area contributed by atoms with Crippen LogP contribution in [0, 0.1) is 0 Å². The average Bonchev–Trinajstić information content (AvgIpc) is 2.65. The summed E-state index contributed by atoms with van der Waals surface area (Å²) in [6.45, 7) is 1.87. The third kappa shape index (κ3) is 7.30. The van der Waals surface area contributed by atoms with Gasteiger partial charge in [-0.15, -0.1) is 0 Å². The molecule has 3 aliphatic rings. The fraction of sp³-hybridized carbons (Fsp3) is 0.625. The fourth-order valence-electron chi connectivity index (χ4n) is 3.18. The molecule has 0 spiro atoms. The Morgan fingerprint density at radius 3 is 2.29 bits per heavy atom. The van der Waals surface area contributed by atoms with E-state index in [0.29, 0.717) is 33.0 Å². The van der Waals surface area contributed by atoms with Crippen LogP contribution < -0.4 is 64.4 Å². The summed E-state index contributed by atoms with van der Waals surface area (Å²) in [4.78, 5) is 0. The number of nitrogens with one attached hydrogen (secondary N) is 1. The number of rotatable bonds is 9. The molecule has 146 valence electrons. The van der Waals surface area contributed by atoms with Gasteiger partial charge in [-0.3, -0.25) is 0 Å². The van der Waals surface area contributed by atoms with Crippen LogP contribution in [0.5, 0.6) is 0 Å². The van der Waals surface area contributed by atoms with Crippen LogP contribution in [0.15, 0.2) is 30.3 Å². The minimum atomic E-state index is -4.19. The van der Waals surface area contributed by atoms with Crippen LogP contribution in [0.25, 0.3) is 0 Å². The molecule has 0 amide bonds. The van der Waals surface area contributed by atoms with Gasteiger partial charge in [-0.2, -0.15) is 0 Å². The van der Waals surface area contributed by atoms with Crippen molar-refractivity contribution < 1.29 is 90.8 Å². The monoisotopic (exact) mass is 431 g/mol. The molecule has 1 aromatic carbocycles. The minimum absolute atomic E-state index is 0. The van der Waals surface area contributed by atoms with E-state index in [1.807, 2.05) is 37.3 Å². The molecule has 0 aliphatic carbocycles. The van der Waals surface area contributed by atoms with E-state index in [4.69, 9.17) is 18.7 Å². The van der Waals surface area contributed by atoms with E-state index in [9.17, 15) is 13.0 Å². The van der Waals surface area contributed by atoms with Crippen molar-refractivity contribution in [3.05, 3.63) is 35.9 Å². The second-order valence-corrected chi connectivity index (χ2v) is 8.48. The molecule has 28 heavy (non-hydrogen) atoms. The van der Waals surface area contributed by atoms with Crippen molar-refractivity contribution in [3.8, 4) is 0 Å². The first-order valence-corrected chi connectivity index (χ1v) is 10.3. The van der Waals surface area contributed by atoms with Gasteiger partial charge in [-0.25, -0.2) is 8.42 Å². The maximum Gasteiger partial charge on any atom is 1.00 e. The molecule has 3 saturated heterocycles. The van der Waals surface area contributed by atoms with Crippen LogP contribution in [0.3, 0.4) is 0 Å². The number of hydrogen-bond donors (Lipinski definition) is 1. The predicted octanol–water partition coefficient (Wildman–Crippen LogP) is -5.58. The van der Waals surface area contributed by atoms with Crippen molar-refractivity contribution in [2.45, 2.75) is 31.5 Å². The van der Waals surface area contributed by atoms with Gasteiger partial charge in [0, 0.05) is 31.6 Å². The van der Waals surface area contributed by atoms with Gasteiger partial charge in [0.25, 0.3) is 0 Å². The Bertz CT molecular complexity index is 686. The summed E-state index contributed by atoms with van der Waals surface area (Å²) in [5, 5.41) is 3.20. The fourth-order valence-corrected chi connectivity index (χ4v) is 3.68. The van der Waals surface area contributed by atoms with Crippen LogP contribution >= 0.6 is 0 Å². The second kappa shape index (κ2) is 11.6. The second-order valence-electron chi connectivity index (χ2n) is 6.95. The Hall–Kier alpha value is 0.995. The summed E-state index contributed by atoms with van der Waals surface area (Å²) >= 11 is 0. The van der Waals surface area contributed by atoms with Gasteiger partial charge in [0.2, 0.25) is 0 Å². The molecule has 2 bridgehead atoms. The molecule has 1 aromatic rings. The normalized spacial score (nSPS) is 27.5. The Morgan fingerprint density at radius 2 is 1.75 bits per heavy atom. The van der Waals surface area contributed by atoms with Crippen molar-refractivity contribution in [1.82, 2.24) is 5.32 Å². The summed E-state index contributed by atoms with van der Waals surface area (Å²) < 4.78 is 55.4. The summed E-state index contributed by atoms with van der Waals surface area (Å²) in [5.74, 6) is -0.392.